The topological polar surface area (TPSA) is 84.4 Å². The molecule has 5 N–H and O–H groups in total. The Kier molecular flexibility index (Phi) is 5.31. The Morgan fingerprint density at radius 3 is 2.67 bits per heavy atom. The molecule has 6 heteroatoms. The van der Waals surface area contributed by atoms with Crippen molar-refractivity contribution < 1.29 is 4.79 Å². The summed E-state index contributed by atoms with van der Waals surface area (Å²) in [5, 5.41) is 3.73. The number of rotatable bonds is 5. The monoisotopic (exact) mass is 310 g/mol. The van der Waals surface area contributed by atoms with E-state index in [2.05, 4.69) is 17.1 Å². The Bertz CT molecular complexity index is 513. The number of carbonyl (C=O) groups is 1. The van der Waals surface area contributed by atoms with Gasteiger partial charge in [-0.2, -0.15) is 0 Å². The normalized spacial score (nSPS) is 16.9. The number of carbonyl (C=O) groups excluding carboxylic acids is 1. The summed E-state index contributed by atoms with van der Waals surface area (Å²) in [4.78, 5) is 14.0. The maximum absolute atomic E-state index is 11.5. The van der Waals surface area contributed by atoms with Crippen LogP contribution in [0.2, 0.25) is 5.02 Å². The molecule has 1 aliphatic rings. The number of piperidine rings is 1. The predicted octanol–water partition coefficient (Wildman–Crippen LogP) is 2.16. The molecule has 5 nitrogen and oxygen atoms in total. The van der Waals surface area contributed by atoms with Crippen molar-refractivity contribution in [2.24, 2.45) is 11.7 Å². The van der Waals surface area contributed by atoms with Gasteiger partial charge in [0.1, 0.15) is 0 Å². The maximum Gasteiger partial charge on any atom is 0.250 e. The first kappa shape index (κ1) is 15.9. The molecule has 21 heavy (non-hydrogen) atoms. The fourth-order valence-electron chi connectivity index (χ4n) is 2.75. The van der Waals surface area contributed by atoms with E-state index in [1.54, 1.807) is 12.1 Å². The first-order valence-electron chi connectivity index (χ1n) is 7.36. The SMILES string of the molecule is CCN1CCC(CNc2c(Cl)cc(N)cc2C(N)=O)CC1. The molecule has 2 rings (SSSR count). The van der Waals surface area contributed by atoms with Gasteiger partial charge in [-0.1, -0.05) is 18.5 Å². The molecule has 1 amide bonds. The molecular formula is C15H23ClN4O. The van der Waals surface area contributed by atoms with Crippen molar-refractivity contribution >= 4 is 28.9 Å². The van der Waals surface area contributed by atoms with E-state index in [4.69, 9.17) is 23.1 Å². The van der Waals surface area contributed by atoms with Crippen molar-refractivity contribution in [2.45, 2.75) is 19.8 Å². The number of hydrogen-bond acceptors (Lipinski definition) is 4. The van der Waals surface area contributed by atoms with Crippen LogP contribution in [0.15, 0.2) is 12.1 Å². The number of halogens is 1. The smallest absolute Gasteiger partial charge is 0.250 e. The minimum absolute atomic E-state index is 0.353. The minimum atomic E-state index is -0.521. The third-order valence-corrected chi connectivity index (χ3v) is 4.40. The van der Waals surface area contributed by atoms with Crippen molar-refractivity contribution in [1.82, 2.24) is 4.90 Å². The number of likely N-dealkylation sites (tertiary alicyclic amines) is 1. The van der Waals surface area contributed by atoms with Crippen LogP contribution < -0.4 is 16.8 Å². The molecule has 1 heterocycles. The van der Waals surface area contributed by atoms with Crippen LogP contribution in [0.1, 0.15) is 30.1 Å². The second-order valence-corrected chi connectivity index (χ2v) is 5.96. The van der Waals surface area contributed by atoms with Gasteiger partial charge in [-0.05, 0) is 50.5 Å². The molecule has 0 aromatic heterocycles. The average molecular weight is 311 g/mol. The third-order valence-electron chi connectivity index (χ3n) is 4.10. The van der Waals surface area contributed by atoms with Gasteiger partial charge in [0.05, 0.1) is 16.3 Å². The molecule has 0 radical (unpaired) electrons. The average Bonchev–Trinajstić information content (AvgIpc) is 2.46. The number of nitrogens with two attached hydrogens (primary N) is 2. The summed E-state index contributed by atoms with van der Waals surface area (Å²) in [6.45, 7) is 6.34. The second-order valence-electron chi connectivity index (χ2n) is 5.55. The van der Waals surface area contributed by atoms with E-state index in [9.17, 15) is 4.79 Å². The van der Waals surface area contributed by atoms with Crippen molar-refractivity contribution in [2.75, 3.05) is 37.2 Å². The highest BCUT2D eigenvalue weighted by atomic mass is 35.5. The van der Waals surface area contributed by atoms with E-state index in [0.29, 0.717) is 27.9 Å². The lowest BCUT2D eigenvalue weighted by Crippen LogP contribution is -2.35. The summed E-state index contributed by atoms with van der Waals surface area (Å²) in [5.41, 5.74) is 12.5. The van der Waals surface area contributed by atoms with Crippen LogP contribution >= 0.6 is 11.6 Å². The summed E-state index contributed by atoms with van der Waals surface area (Å²) in [7, 11) is 0. The summed E-state index contributed by atoms with van der Waals surface area (Å²) < 4.78 is 0. The number of anilines is 2. The van der Waals surface area contributed by atoms with Crippen molar-refractivity contribution in [1.29, 1.82) is 0 Å². The number of nitrogen functional groups attached to an aromatic ring is 1. The van der Waals surface area contributed by atoms with E-state index in [0.717, 1.165) is 39.0 Å². The summed E-state index contributed by atoms with van der Waals surface area (Å²) in [6.07, 6.45) is 2.30. The van der Waals surface area contributed by atoms with Gasteiger partial charge < -0.3 is 21.7 Å². The van der Waals surface area contributed by atoms with Gasteiger partial charge in [0.2, 0.25) is 0 Å². The Hall–Kier alpha value is -1.46. The zero-order chi connectivity index (χ0) is 15.4. The molecule has 0 atom stereocenters. The number of nitrogens with one attached hydrogen (secondary N) is 1. The van der Waals surface area contributed by atoms with Crippen LogP contribution in [-0.4, -0.2) is 37.0 Å². The van der Waals surface area contributed by atoms with E-state index < -0.39 is 5.91 Å². The van der Waals surface area contributed by atoms with E-state index in [1.165, 1.54) is 0 Å². The summed E-state index contributed by atoms with van der Waals surface area (Å²) >= 11 is 6.18. The molecule has 0 unspecified atom stereocenters. The van der Waals surface area contributed by atoms with Gasteiger partial charge in [-0.25, -0.2) is 0 Å². The maximum atomic E-state index is 11.5. The van der Waals surface area contributed by atoms with Crippen LogP contribution in [0.5, 0.6) is 0 Å². The molecule has 1 aromatic carbocycles. The van der Waals surface area contributed by atoms with Crippen LogP contribution in [0.4, 0.5) is 11.4 Å². The molecule has 0 saturated carbocycles. The lowest BCUT2D eigenvalue weighted by molar-refractivity contribution is 0.100. The zero-order valence-corrected chi connectivity index (χ0v) is 13.1. The first-order chi connectivity index (χ1) is 10.0. The number of benzene rings is 1. The Balaban J connectivity index is 2.02. The highest BCUT2D eigenvalue weighted by molar-refractivity contribution is 6.34. The number of nitrogens with zero attached hydrogens (tertiary/aromatic N) is 1. The molecule has 1 saturated heterocycles. The fourth-order valence-corrected chi connectivity index (χ4v) is 3.05. The van der Waals surface area contributed by atoms with Gasteiger partial charge in [-0.15, -0.1) is 0 Å². The molecule has 1 fully saturated rings. The highest BCUT2D eigenvalue weighted by Crippen LogP contribution is 2.30. The van der Waals surface area contributed by atoms with Crippen LogP contribution in [0.3, 0.4) is 0 Å². The van der Waals surface area contributed by atoms with Gasteiger partial charge in [0.15, 0.2) is 0 Å². The molecule has 0 aliphatic carbocycles. The standard InChI is InChI=1S/C15H23ClN4O/c1-2-20-5-3-10(4-6-20)9-19-14-12(15(18)21)7-11(17)8-13(14)16/h7-8,10,19H,2-6,9,17H2,1H3,(H2,18,21). The van der Waals surface area contributed by atoms with Gasteiger partial charge in [-0.3, -0.25) is 4.79 Å². The Labute approximate surface area is 130 Å². The zero-order valence-electron chi connectivity index (χ0n) is 12.4. The Morgan fingerprint density at radius 2 is 2.10 bits per heavy atom. The quantitative estimate of drug-likeness (QED) is 0.728. The lowest BCUT2D eigenvalue weighted by Gasteiger charge is -2.31. The highest BCUT2D eigenvalue weighted by Gasteiger charge is 2.19. The number of hydrogen-bond donors (Lipinski definition) is 3. The molecule has 0 bridgehead atoms. The van der Waals surface area contributed by atoms with Crippen LogP contribution in [0, 0.1) is 5.92 Å². The molecule has 1 aromatic rings. The van der Waals surface area contributed by atoms with E-state index >= 15 is 0 Å². The Morgan fingerprint density at radius 1 is 1.43 bits per heavy atom. The lowest BCUT2D eigenvalue weighted by atomic mass is 9.96. The summed E-state index contributed by atoms with van der Waals surface area (Å²) in [6, 6.07) is 3.20. The summed E-state index contributed by atoms with van der Waals surface area (Å²) in [5.74, 6) is 0.0645. The largest absolute Gasteiger partial charge is 0.399 e. The predicted molar refractivity (Wildman–Crippen MR) is 87.7 cm³/mol. The third kappa shape index (κ3) is 4.02. The van der Waals surface area contributed by atoms with Crippen LogP contribution in [-0.2, 0) is 0 Å². The van der Waals surface area contributed by atoms with E-state index in [1.807, 2.05) is 0 Å². The first-order valence-corrected chi connectivity index (χ1v) is 7.74. The molecule has 0 spiro atoms. The second kappa shape index (κ2) is 7.00. The number of amides is 1. The molecular weight excluding hydrogens is 288 g/mol. The molecule has 1 aliphatic heterocycles. The van der Waals surface area contributed by atoms with Crippen LogP contribution in [0.25, 0.3) is 0 Å². The van der Waals surface area contributed by atoms with Crippen molar-refractivity contribution in [3.63, 3.8) is 0 Å². The van der Waals surface area contributed by atoms with E-state index in [-0.39, 0.29) is 0 Å². The molecule has 116 valence electrons. The fraction of sp³-hybridized carbons (Fsp3) is 0.533. The minimum Gasteiger partial charge on any atom is -0.399 e. The van der Waals surface area contributed by atoms with Gasteiger partial charge in [0, 0.05) is 12.2 Å². The van der Waals surface area contributed by atoms with Gasteiger partial charge in [0.25, 0.3) is 5.91 Å². The number of primary amides is 1. The van der Waals surface area contributed by atoms with Gasteiger partial charge >= 0.3 is 0 Å². The van der Waals surface area contributed by atoms with Crippen molar-refractivity contribution in [3.05, 3.63) is 22.7 Å². The van der Waals surface area contributed by atoms with Crippen molar-refractivity contribution in [3.8, 4) is 0 Å².